The number of nitrogens with one attached hydrogen (secondary N) is 1. The number of thiocarbonyl (C=S) groups is 1. The zero-order valence-electron chi connectivity index (χ0n) is 12.9. The van der Waals surface area contributed by atoms with Crippen LogP contribution in [0.25, 0.3) is 6.08 Å². The molecule has 3 rings (SSSR count). The minimum Gasteiger partial charge on any atom is -0.349 e. The van der Waals surface area contributed by atoms with Crippen LogP contribution in [0.5, 0.6) is 0 Å². The van der Waals surface area contributed by atoms with Gasteiger partial charge in [-0.25, -0.2) is 0 Å². The largest absolute Gasteiger partial charge is 0.349 e. The van der Waals surface area contributed by atoms with Crippen molar-refractivity contribution in [3.63, 3.8) is 0 Å². The first kappa shape index (κ1) is 16.2. The Morgan fingerprint density at radius 3 is 2.52 bits per heavy atom. The van der Waals surface area contributed by atoms with Crippen molar-refractivity contribution in [1.82, 2.24) is 10.2 Å². The van der Waals surface area contributed by atoms with Crippen LogP contribution in [-0.4, -0.2) is 34.1 Å². The molecule has 1 N–H and O–H groups in total. The first-order valence-corrected chi connectivity index (χ1v) is 8.89. The Kier molecular flexibility index (Phi) is 4.82. The summed E-state index contributed by atoms with van der Waals surface area (Å²) in [6, 6.07) is 7.61. The monoisotopic (exact) mass is 346 g/mol. The number of carbonyl (C=O) groups is 2. The van der Waals surface area contributed by atoms with Crippen molar-refractivity contribution in [3.05, 3.63) is 40.3 Å². The van der Waals surface area contributed by atoms with Gasteiger partial charge in [0, 0.05) is 18.7 Å². The number of likely N-dealkylation sites (N-methyl/N-ethyl adjacent to an activating group) is 1. The van der Waals surface area contributed by atoms with Crippen molar-refractivity contribution in [2.24, 2.45) is 0 Å². The molecule has 1 aromatic rings. The van der Waals surface area contributed by atoms with E-state index in [-0.39, 0.29) is 11.8 Å². The molecule has 1 aromatic carbocycles. The van der Waals surface area contributed by atoms with Gasteiger partial charge >= 0.3 is 0 Å². The summed E-state index contributed by atoms with van der Waals surface area (Å²) < 4.78 is 0.564. The molecule has 0 atom stereocenters. The van der Waals surface area contributed by atoms with Gasteiger partial charge in [-0.3, -0.25) is 14.5 Å². The fraction of sp³-hybridized carbons (Fsp3) is 0.353. The number of hydrogen-bond donors (Lipinski definition) is 1. The van der Waals surface area contributed by atoms with Crippen molar-refractivity contribution < 1.29 is 9.59 Å². The predicted octanol–water partition coefficient (Wildman–Crippen LogP) is 3.19. The Morgan fingerprint density at radius 2 is 1.96 bits per heavy atom. The number of benzene rings is 1. The lowest BCUT2D eigenvalue weighted by atomic mass is 10.1. The fourth-order valence-corrected chi connectivity index (χ4v) is 3.95. The third kappa shape index (κ3) is 3.64. The fourth-order valence-electron chi connectivity index (χ4n) is 2.77. The maximum atomic E-state index is 12.2. The van der Waals surface area contributed by atoms with Gasteiger partial charge in [0.25, 0.3) is 11.8 Å². The van der Waals surface area contributed by atoms with E-state index in [4.69, 9.17) is 12.2 Å². The van der Waals surface area contributed by atoms with Crippen LogP contribution in [0.15, 0.2) is 29.2 Å². The number of thioether (sulfide) groups is 1. The summed E-state index contributed by atoms with van der Waals surface area (Å²) in [5, 5.41) is 3.07. The Hall–Kier alpha value is -1.66. The summed E-state index contributed by atoms with van der Waals surface area (Å²) in [6.07, 6.45) is 6.34. The van der Waals surface area contributed by atoms with Crippen molar-refractivity contribution in [1.29, 1.82) is 0 Å². The third-order valence-electron chi connectivity index (χ3n) is 4.15. The van der Waals surface area contributed by atoms with Gasteiger partial charge in [-0.1, -0.05) is 49.0 Å². The van der Waals surface area contributed by atoms with Crippen LogP contribution in [0.2, 0.25) is 0 Å². The molecular formula is C17H18N2O2S2. The molecule has 0 aromatic heterocycles. The molecule has 1 aliphatic heterocycles. The molecule has 6 heteroatoms. The number of rotatable bonds is 3. The Bertz CT molecular complexity index is 676. The highest BCUT2D eigenvalue weighted by atomic mass is 32.2. The molecule has 1 aliphatic carbocycles. The highest BCUT2D eigenvalue weighted by Gasteiger charge is 2.28. The zero-order chi connectivity index (χ0) is 16.4. The summed E-state index contributed by atoms with van der Waals surface area (Å²) in [7, 11) is 1.68. The van der Waals surface area contributed by atoms with Crippen molar-refractivity contribution in [2.45, 2.75) is 31.7 Å². The van der Waals surface area contributed by atoms with Gasteiger partial charge in [-0.2, -0.15) is 0 Å². The smallest absolute Gasteiger partial charge is 0.265 e. The average molecular weight is 346 g/mol. The third-order valence-corrected chi connectivity index (χ3v) is 5.63. The number of carbonyl (C=O) groups excluding carboxylic acids is 2. The molecule has 0 bridgehead atoms. The van der Waals surface area contributed by atoms with E-state index in [0.717, 1.165) is 18.4 Å². The second-order valence-corrected chi connectivity index (χ2v) is 7.49. The van der Waals surface area contributed by atoms with Crippen LogP contribution < -0.4 is 5.32 Å². The van der Waals surface area contributed by atoms with E-state index in [2.05, 4.69) is 5.32 Å². The lowest BCUT2D eigenvalue weighted by Crippen LogP contribution is -2.32. The summed E-state index contributed by atoms with van der Waals surface area (Å²) >= 11 is 6.41. The molecular weight excluding hydrogens is 328 g/mol. The second-order valence-electron chi connectivity index (χ2n) is 5.82. The minimum atomic E-state index is -0.0805. The van der Waals surface area contributed by atoms with Crippen molar-refractivity contribution in [3.8, 4) is 0 Å². The van der Waals surface area contributed by atoms with Gasteiger partial charge in [0.1, 0.15) is 4.32 Å². The average Bonchev–Trinajstić information content (AvgIpc) is 3.13. The van der Waals surface area contributed by atoms with Crippen molar-refractivity contribution in [2.75, 3.05) is 7.05 Å². The van der Waals surface area contributed by atoms with E-state index >= 15 is 0 Å². The van der Waals surface area contributed by atoms with Crippen LogP contribution in [0.3, 0.4) is 0 Å². The maximum Gasteiger partial charge on any atom is 0.265 e. The standard InChI is InChI=1S/C17H18N2O2S2/c1-19-16(21)14(23-17(19)22)10-11-6-8-12(9-7-11)15(20)18-13-4-2-3-5-13/h6-10,13H,2-5H2,1H3,(H,18,20)/b14-10+. The maximum absolute atomic E-state index is 12.2. The molecule has 23 heavy (non-hydrogen) atoms. The van der Waals surface area contributed by atoms with E-state index in [9.17, 15) is 9.59 Å². The van der Waals surface area contributed by atoms with Crippen molar-refractivity contribution >= 4 is 46.2 Å². The highest BCUT2D eigenvalue weighted by molar-refractivity contribution is 8.26. The van der Waals surface area contributed by atoms with Gasteiger partial charge in [0.2, 0.25) is 0 Å². The molecule has 1 saturated carbocycles. The minimum absolute atomic E-state index is 0.0247. The van der Waals surface area contributed by atoms with Gasteiger partial charge in [0.05, 0.1) is 4.91 Å². The van der Waals surface area contributed by atoms with Gasteiger partial charge in [-0.15, -0.1) is 0 Å². The lowest BCUT2D eigenvalue weighted by molar-refractivity contribution is -0.121. The molecule has 1 saturated heterocycles. The Morgan fingerprint density at radius 1 is 1.30 bits per heavy atom. The van der Waals surface area contributed by atoms with Crippen LogP contribution >= 0.6 is 24.0 Å². The number of hydrogen-bond acceptors (Lipinski definition) is 4. The summed E-state index contributed by atoms with van der Waals surface area (Å²) in [5.74, 6) is -0.105. The molecule has 0 spiro atoms. The molecule has 4 nitrogen and oxygen atoms in total. The normalized spacial score (nSPS) is 20.6. The topological polar surface area (TPSA) is 49.4 Å². The van der Waals surface area contributed by atoms with E-state index in [1.54, 1.807) is 25.3 Å². The Labute approximate surface area is 145 Å². The molecule has 0 unspecified atom stereocenters. The van der Waals surface area contributed by atoms with E-state index < -0.39 is 0 Å². The number of nitrogens with zero attached hydrogens (tertiary/aromatic N) is 1. The quantitative estimate of drug-likeness (QED) is 0.674. The van der Waals surface area contributed by atoms with Crippen LogP contribution in [0.4, 0.5) is 0 Å². The lowest BCUT2D eigenvalue weighted by Gasteiger charge is -2.11. The summed E-state index contributed by atoms with van der Waals surface area (Å²) in [6.45, 7) is 0. The van der Waals surface area contributed by atoms with Gasteiger partial charge in [-0.05, 0) is 36.6 Å². The zero-order valence-corrected chi connectivity index (χ0v) is 14.5. The molecule has 2 aliphatic rings. The highest BCUT2D eigenvalue weighted by Crippen LogP contribution is 2.31. The summed E-state index contributed by atoms with van der Waals surface area (Å²) in [4.78, 5) is 26.2. The van der Waals surface area contributed by atoms with Gasteiger partial charge < -0.3 is 5.32 Å². The van der Waals surface area contributed by atoms with Crippen LogP contribution in [0.1, 0.15) is 41.6 Å². The van der Waals surface area contributed by atoms with E-state index in [1.807, 2.05) is 12.1 Å². The molecule has 1 heterocycles. The summed E-state index contributed by atoms with van der Waals surface area (Å²) in [5.41, 5.74) is 1.54. The van der Waals surface area contributed by atoms with E-state index in [1.165, 1.54) is 29.5 Å². The van der Waals surface area contributed by atoms with Crippen LogP contribution in [-0.2, 0) is 4.79 Å². The molecule has 2 amide bonds. The molecule has 2 fully saturated rings. The predicted molar refractivity (Wildman–Crippen MR) is 97.1 cm³/mol. The second kappa shape index (κ2) is 6.84. The van der Waals surface area contributed by atoms with Crippen LogP contribution in [0, 0.1) is 0 Å². The first-order valence-electron chi connectivity index (χ1n) is 7.67. The Balaban J connectivity index is 1.68. The SMILES string of the molecule is CN1C(=O)/C(=C\c2ccc(C(=O)NC3CCCC3)cc2)SC1=S. The first-order chi connectivity index (χ1) is 11.0. The number of amides is 2. The molecule has 0 radical (unpaired) electrons. The molecule has 120 valence electrons. The van der Waals surface area contributed by atoms with E-state index in [0.29, 0.717) is 20.8 Å². The van der Waals surface area contributed by atoms with Gasteiger partial charge in [0.15, 0.2) is 0 Å².